The Kier molecular flexibility index (Phi) is 5.16. The van der Waals surface area contributed by atoms with Gasteiger partial charge < -0.3 is 9.88 Å². The first-order valence-corrected chi connectivity index (χ1v) is 7.05. The van der Waals surface area contributed by atoms with Crippen LogP contribution in [-0.4, -0.2) is 16.6 Å². The van der Waals surface area contributed by atoms with Crippen LogP contribution in [0, 0.1) is 0 Å². The van der Waals surface area contributed by atoms with Crippen LogP contribution in [0.3, 0.4) is 0 Å². The van der Waals surface area contributed by atoms with Crippen molar-refractivity contribution >= 4 is 0 Å². The zero-order chi connectivity index (χ0) is 13.5. The molecule has 2 heterocycles. The van der Waals surface area contributed by atoms with E-state index in [1.807, 2.05) is 19.4 Å². The second-order valence-corrected chi connectivity index (χ2v) is 4.92. The predicted molar refractivity (Wildman–Crippen MR) is 79.1 cm³/mol. The van der Waals surface area contributed by atoms with Crippen LogP contribution in [0.4, 0.5) is 0 Å². The molecule has 0 amide bonds. The highest BCUT2D eigenvalue weighted by molar-refractivity contribution is 5.16. The normalized spacial score (nSPS) is 12.5. The number of aromatic nitrogens is 2. The first-order chi connectivity index (χ1) is 9.33. The Morgan fingerprint density at radius 3 is 2.74 bits per heavy atom. The minimum atomic E-state index is 0.479. The van der Waals surface area contributed by atoms with Crippen LogP contribution < -0.4 is 5.32 Å². The molecule has 0 bridgehead atoms. The van der Waals surface area contributed by atoms with E-state index in [9.17, 15) is 0 Å². The van der Waals surface area contributed by atoms with Crippen molar-refractivity contribution in [3.8, 4) is 0 Å². The fourth-order valence-corrected chi connectivity index (χ4v) is 2.38. The van der Waals surface area contributed by atoms with E-state index in [0.29, 0.717) is 6.04 Å². The average Bonchev–Trinajstić information content (AvgIpc) is 2.92. The second kappa shape index (κ2) is 7.10. The quantitative estimate of drug-likeness (QED) is 0.825. The van der Waals surface area contributed by atoms with Crippen LogP contribution in [-0.2, 0) is 13.0 Å². The number of rotatable bonds is 7. The Morgan fingerprint density at radius 2 is 2.05 bits per heavy atom. The van der Waals surface area contributed by atoms with Crippen LogP contribution in [0.2, 0.25) is 0 Å². The van der Waals surface area contributed by atoms with Crippen molar-refractivity contribution in [1.29, 1.82) is 0 Å². The molecule has 2 aromatic rings. The van der Waals surface area contributed by atoms with Gasteiger partial charge in [-0.25, -0.2) is 0 Å². The molecule has 0 saturated heterocycles. The van der Waals surface area contributed by atoms with Crippen molar-refractivity contribution in [3.05, 3.63) is 54.1 Å². The van der Waals surface area contributed by atoms with E-state index in [1.54, 1.807) is 0 Å². The number of pyridine rings is 1. The summed E-state index contributed by atoms with van der Waals surface area (Å²) in [7, 11) is 2.04. The fourth-order valence-electron chi connectivity index (χ4n) is 2.38. The first kappa shape index (κ1) is 13.8. The van der Waals surface area contributed by atoms with E-state index >= 15 is 0 Å². The van der Waals surface area contributed by atoms with Gasteiger partial charge in [0, 0.05) is 37.4 Å². The minimum Gasteiger partial charge on any atom is -0.354 e. The van der Waals surface area contributed by atoms with Gasteiger partial charge in [-0.15, -0.1) is 0 Å². The molecule has 0 aromatic carbocycles. The molecule has 1 atom stereocenters. The van der Waals surface area contributed by atoms with Crippen LogP contribution in [0.15, 0.2) is 43.0 Å². The van der Waals surface area contributed by atoms with Crippen molar-refractivity contribution in [2.75, 3.05) is 7.05 Å². The molecule has 102 valence electrons. The summed E-state index contributed by atoms with van der Waals surface area (Å²) in [5.41, 5.74) is 2.73. The average molecular weight is 257 g/mol. The van der Waals surface area contributed by atoms with Gasteiger partial charge in [-0.3, -0.25) is 4.98 Å². The number of nitrogens with one attached hydrogen (secondary N) is 1. The lowest BCUT2D eigenvalue weighted by Gasteiger charge is -2.13. The molecule has 0 fully saturated rings. The lowest BCUT2D eigenvalue weighted by atomic mass is 10.1. The molecule has 19 heavy (non-hydrogen) atoms. The van der Waals surface area contributed by atoms with Gasteiger partial charge in [0.2, 0.25) is 0 Å². The molecule has 0 aliphatic carbocycles. The van der Waals surface area contributed by atoms with Crippen molar-refractivity contribution in [3.63, 3.8) is 0 Å². The third-order valence-corrected chi connectivity index (χ3v) is 3.51. The van der Waals surface area contributed by atoms with Crippen LogP contribution in [0.1, 0.15) is 36.9 Å². The van der Waals surface area contributed by atoms with E-state index < -0.39 is 0 Å². The smallest absolute Gasteiger partial charge is 0.0332 e. The standard InChI is InChI=1S/C16H23N3/c1-3-4-16(17-2)15-8-12-19(13-15)11-7-14-5-9-18-10-6-14/h5-6,8-10,12-13,16-17H,3-4,7,11H2,1-2H3. The molecule has 3 nitrogen and oxygen atoms in total. The van der Waals surface area contributed by atoms with Crippen molar-refractivity contribution in [1.82, 2.24) is 14.9 Å². The molecular weight excluding hydrogens is 234 g/mol. The van der Waals surface area contributed by atoms with Gasteiger partial charge in [0.1, 0.15) is 0 Å². The van der Waals surface area contributed by atoms with E-state index in [1.165, 1.54) is 24.0 Å². The Hall–Kier alpha value is -1.61. The number of nitrogens with zero attached hydrogens (tertiary/aromatic N) is 2. The van der Waals surface area contributed by atoms with Gasteiger partial charge >= 0.3 is 0 Å². The van der Waals surface area contributed by atoms with Gasteiger partial charge in [-0.1, -0.05) is 13.3 Å². The maximum Gasteiger partial charge on any atom is 0.0332 e. The Balaban J connectivity index is 1.93. The SMILES string of the molecule is CCCC(NC)c1ccn(CCc2ccncc2)c1. The van der Waals surface area contributed by atoms with Gasteiger partial charge in [-0.05, 0) is 49.2 Å². The van der Waals surface area contributed by atoms with Crippen molar-refractivity contribution in [2.45, 2.75) is 38.8 Å². The van der Waals surface area contributed by atoms with Crippen LogP contribution in [0.5, 0.6) is 0 Å². The van der Waals surface area contributed by atoms with Crippen LogP contribution >= 0.6 is 0 Å². The first-order valence-electron chi connectivity index (χ1n) is 7.05. The number of aryl methyl sites for hydroxylation is 2. The summed E-state index contributed by atoms with van der Waals surface area (Å²) in [4.78, 5) is 4.04. The zero-order valence-corrected chi connectivity index (χ0v) is 11.8. The molecule has 1 unspecified atom stereocenters. The van der Waals surface area contributed by atoms with E-state index in [-0.39, 0.29) is 0 Å². The zero-order valence-electron chi connectivity index (χ0n) is 11.8. The largest absolute Gasteiger partial charge is 0.354 e. The second-order valence-electron chi connectivity index (χ2n) is 4.92. The molecule has 0 spiro atoms. The van der Waals surface area contributed by atoms with E-state index in [2.05, 4.69) is 52.4 Å². The summed E-state index contributed by atoms with van der Waals surface area (Å²) in [5, 5.41) is 3.38. The third-order valence-electron chi connectivity index (χ3n) is 3.51. The van der Waals surface area contributed by atoms with Crippen LogP contribution in [0.25, 0.3) is 0 Å². The fraction of sp³-hybridized carbons (Fsp3) is 0.438. The molecule has 1 N–H and O–H groups in total. The Labute approximate surface area is 115 Å². The molecule has 2 rings (SSSR count). The predicted octanol–water partition coefficient (Wildman–Crippen LogP) is 3.19. The highest BCUT2D eigenvalue weighted by Gasteiger charge is 2.09. The Bertz CT molecular complexity index is 476. The molecule has 0 aliphatic rings. The lowest BCUT2D eigenvalue weighted by molar-refractivity contribution is 0.540. The molecule has 3 heteroatoms. The highest BCUT2D eigenvalue weighted by atomic mass is 14.9. The topological polar surface area (TPSA) is 29.9 Å². The molecule has 0 aliphatic heterocycles. The highest BCUT2D eigenvalue weighted by Crippen LogP contribution is 2.18. The van der Waals surface area contributed by atoms with Gasteiger partial charge in [0.25, 0.3) is 0 Å². The summed E-state index contributed by atoms with van der Waals surface area (Å²) in [6.45, 7) is 3.25. The third kappa shape index (κ3) is 3.93. The summed E-state index contributed by atoms with van der Waals surface area (Å²) in [5.74, 6) is 0. The maximum absolute atomic E-state index is 4.04. The summed E-state index contributed by atoms with van der Waals surface area (Å²) in [6, 6.07) is 6.87. The molecule has 2 aromatic heterocycles. The molecule has 0 radical (unpaired) electrons. The minimum absolute atomic E-state index is 0.479. The van der Waals surface area contributed by atoms with Gasteiger partial charge in [0.15, 0.2) is 0 Å². The molecule has 0 saturated carbocycles. The Morgan fingerprint density at radius 1 is 1.26 bits per heavy atom. The van der Waals surface area contributed by atoms with Gasteiger partial charge in [0.05, 0.1) is 0 Å². The van der Waals surface area contributed by atoms with Gasteiger partial charge in [-0.2, -0.15) is 0 Å². The maximum atomic E-state index is 4.04. The van der Waals surface area contributed by atoms with E-state index in [0.717, 1.165) is 13.0 Å². The summed E-state index contributed by atoms with van der Waals surface area (Å²) < 4.78 is 2.27. The number of hydrogen-bond donors (Lipinski definition) is 1. The molecular formula is C16H23N3. The van der Waals surface area contributed by atoms with Crippen molar-refractivity contribution < 1.29 is 0 Å². The summed E-state index contributed by atoms with van der Waals surface area (Å²) in [6.07, 6.45) is 11.6. The monoisotopic (exact) mass is 257 g/mol. The lowest BCUT2D eigenvalue weighted by Crippen LogP contribution is -2.15. The number of hydrogen-bond acceptors (Lipinski definition) is 2. The summed E-state index contributed by atoms with van der Waals surface area (Å²) >= 11 is 0. The van der Waals surface area contributed by atoms with Crippen molar-refractivity contribution in [2.24, 2.45) is 0 Å². The van der Waals surface area contributed by atoms with E-state index in [4.69, 9.17) is 0 Å².